The molecule has 18 nitrogen and oxygen atoms in total. The summed E-state index contributed by atoms with van der Waals surface area (Å²) >= 11 is 0. The van der Waals surface area contributed by atoms with E-state index in [1.165, 1.54) is 25.7 Å². The zero-order chi connectivity index (χ0) is 54.4. The fourth-order valence-corrected chi connectivity index (χ4v) is 11.9. The van der Waals surface area contributed by atoms with Crippen LogP contribution in [-0.2, 0) is 22.8 Å². The third-order valence-corrected chi connectivity index (χ3v) is 16.2. The lowest BCUT2D eigenvalue weighted by Gasteiger charge is -2.30. The van der Waals surface area contributed by atoms with E-state index in [2.05, 4.69) is 102 Å². The molecule has 0 unspecified atom stereocenters. The van der Waals surface area contributed by atoms with Gasteiger partial charge >= 0.3 is 0 Å². The number of nitrogens with one attached hydrogen (secondary N) is 2. The van der Waals surface area contributed by atoms with Gasteiger partial charge in [0.25, 0.3) is 0 Å². The SMILES string of the molecule is C.CC(C)n1ccc([C@@H](CC(=O)NCCN2CCCC2)N2CCCN(c3c(CO)ccc4cccnc34)CC2)n1.CC(C)n1ccc([C@H](CC(=O)NCCN2CCCC2)N2CCCN(c3c(CO)ccc4cccnc34)CC2)n1. The van der Waals surface area contributed by atoms with Crippen molar-refractivity contribution in [2.24, 2.45) is 0 Å². The van der Waals surface area contributed by atoms with Crippen LogP contribution in [0.4, 0.5) is 11.4 Å². The van der Waals surface area contributed by atoms with Gasteiger partial charge in [0.1, 0.15) is 0 Å². The molecule has 0 spiro atoms. The van der Waals surface area contributed by atoms with E-state index < -0.39 is 0 Å². The van der Waals surface area contributed by atoms with Crippen molar-refractivity contribution in [3.63, 3.8) is 0 Å². The molecule has 2 amide bonds. The van der Waals surface area contributed by atoms with Crippen LogP contribution in [0.1, 0.15) is 133 Å². The Bertz CT molecular complexity index is 2670. The zero-order valence-corrected chi connectivity index (χ0v) is 46.9. The molecule has 0 aliphatic carbocycles. The van der Waals surface area contributed by atoms with Crippen molar-refractivity contribution in [1.29, 1.82) is 0 Å². The molecule has 0 saturated carbocycles. The van der Waals surface area contributed by atoms with E-state index in [1.807, 2.05) is 70.5 Å². The highest BCUT2D eigenvalue weighted by molar-refractivity contribution is 5.93. The van der Waals surface area contributed by atoms with Crippen molar-refractivity contribution >= 4 is 45.0 Å². The van der Waals surface area contributed by atoms with Gasteiger partial charge in [-0.3, -0.25) is 38.7 Å². The standard InChI is InChI=1S/2C30H43N7O2.CH4/c2*1-23(2)37-17-10-26(33-37)27(21-28(39)31-12-18-34-13-3-4-14-34)35-15-6-16-36(20-19-35)30-25(22-38)9-8-24-7-5-11-32-29(24)30;/h2*5,7-11,17,23,27,38H,3-4,6,12-16,18-22H2,1-2H3,(H,31,39);1H4/t2*27-;/m10./s1. The topological polar surface area (TPSA) is 180 Å². The minimum Gasteiger partial charge on any atom is -0.392 e. The fraction of sp³-hybridized carbons (Fsp3) is 0.574. The van der Waals surface area contributed by atoms with Gasteiger partial charge in [-0.2, -0.15) is 10.2 Å². The summed E-state index contributed by atoms with van der Waals surface area (Å²) in [5, 5.41) is 38.5. The fourth-order valence-electron chi connectivity index (χ4n) is 11.9. The van der Waals surface area contributed by atoms with E-state index in [0.717, 1.165) is 160 Å². The van der Waals surface area contributed by atoms with Crippen molar-refractivity contribution in [3.8, 4) is 0 Å². The number of hydrogen-bond donors (Lipinski definition) is 4. The molecule has 428 valence electrons. The first-order valence-electron chi connectivity index (χ1n) is 29.1. The first kappa shape index (κ1) is 59.1. The third kappa shape index (κ3) is 15.3. The number of aliphatic hydroxyl groups excluding tert-OH is 2. The number of carbonyl (C=O) groups is 2. The normalized spacial score (nSPS) is 17.9. The Morgan fingerprint density at radius 3 is 1.32 bits per heavy atom. The van der Waals surface area contributed by atoms with Crippen LogP contribution in [0.2, 0.25) is 0 Å². The number of anilines is 2. The van der Waals surface area contributed by atoms with Gasteiger partial charge in [0.15, 0.2) is 0 Å². The Hall–Kier alpha value is -6.02. The number of aromatic nitrogens is 6. The minimum atomic E-state index is -0.0836. The van der Waals surface area contributed by atoms with Gasteiger partial charge < -0.3 is 40.4 Å². The Labute approximate surface area is 469 Å². The van der Waals surface area contributed by atoms with Crippen LogP contribution in [0.3, 0.4) is 0 Å². The molecule has 8 heterocycles. The maximum absolute atomic E-state index is 13.1. The van der Waals surface area contributed by atoms with E-state index in [4.69, 9.17) is 10.2 Å². The van der Waals surface area contributed by atoms with Crippen LogP contribution in [0.25, 0.3) is 21.8 Å². The third-order valence-electron chi connectivity index (χ3n) is 16.2. The monoisotopic (exact) mass is 1080 g/mol. The smallest absolute Gasteiger partial charge is 0.222 e. The quantitative estimate of drug-likeness (QED) is 0.0596. The number of benzene rings is 2. The molecule has 2 aromatic carbocycles. The summed E-state index contributed by atoms with van der Waals surface area (Å²) in [6.45, 7) is 22.9. The highest BCUT2D eigenvalue weighted by Crippen LogP contribution is 2.34. The molecule has 6 aromatic rings. The van der Waals surface area contributed by atoms with Crippen LogP contribution in [0, 0.1) is 0 Å². The zero-order valence-electron chi connectivity index (χ0n) is 46.9. The molecule has 4 aliphatic rings. The van der Waals surface area contributed by atoms with Gasteiger partial charge in [-0.05, 0) is 117 Å². The summed E-state index contributed by atoms with van der Waals surface area (Å²) in [4.78, 5) is 50.1. The lowest BCUT2D eigenvalue weighted by atomic mass is 10.1. The number of likely N-dealkylation sites (tertiary alicyclic amines) is 2. The first-order valence-corrected chi connectivity index (χ1v) is 29.1. The van der Waals surface area contributed by atoms with Crippen molar-refractivity contribution in [2.45, 2.75) is 124 Å². The summed E-state index contributed by atoms with van der Waals surface area (Å²) in [7, 11) is 0. The molecule has 79 heavy (non-hydrogen) atoms. The van der Waals surface area contributed by atoms with E-state index in [9.17, 15) is 19.8 Å². The number of amides is 2. The maximum Gasteiger partial charge on any atom is 0.222 e. The number of aliphatic hydroxyl groups is 2. The second kappa shape index (κ2) is 28.9. The highest BCUT2D eigenvalue weighted by Gasteiger charge is 2.31. The lowest BCUT2D eigenvalue weighted by Crippen LogP contribution is -2.38. The van der Waals surface area contributed by atoms with Crippen molar-refractivity contribution in [1.82, 2.24) is 59.8 Å². The Morgan fingerprint density at radius 1 is 0.519 bits per heavy atom. The van der Waals surface area contributed by atoms with Crippen LogP contribution in [0.5, 0.6) is 0 Å². The molecule has 4 fully saturated rings. The molecule has 2 atom stereocenters. The molecule has 18 heteroatoms. The van der Waals surface area contributed by atoms with Gasteiger partial charge in [0.05, 0.1) is 59.1 Å². The van der Waals surface area contributed by atoms with Crippen molar-refractivity contribution < 1.29 is 19.8 Å². The molecule has 0 bridgehead atoms. The molecule has 0 radical (unpaired) electrons. The van der Waals surface area contributed by atoms with Gasteiger partial charge in [-0.25, -0.2) is 0 Å². The first-order chi connectivity index (χ1) is 38.1. The number of rotatable bonds is 20. The Balaban J connectivity index is 0.000000205. The second-order valence-corrected chi connectivity index (χ2v) is 22.2. The number of carbonyl (C=O) groups excluding carboxylic acids is 2. The maximum atomic E-state index is 13.1. The van der Waals surface area contributed by atoms with Gasteiger partial charge in [0, 0.05) is 150 Å². The number of nitrogens with zero attached hydrogens (tertiary/aromatic N) is 12. The molecular formula is C61H90N14O4. The molecule has 4 saturated heterocycles. The molecular weight excluding hydrogens is 993 g/mol. The molecule has 4 N–H and O–H groups in total. The van der Waals surface area contributed by atoms with Gasteiger partial charge in [-0.1, -0.05) is 43.8 Å². The Kier molecular flexibility index (Phi) is 21.6. The number of fused-ring (bicyclic) bond motifs is 2. The average Bonchev–Trinajstić information content (AvgIpc) is 4.34. The van der Waals surface area contributed by atoms with Crippen LogP contribution in [0.15, 0.2) is 85.5 Å². The van der Waals surface area contributed by atoms with E-state index in [0.29, 0.717) is 25.9 Å². The number of hydrogen-bond acceptors (Lipinski definition) is 14. The number of pyridine rings is 2. The largest absolute Gasteiger partial charge is 0.392 e. The van der Waals surface area contributed by atoms with E-state index in [1.54, 1.807) is 0 Å². The van der Waals surface area contributed by atoms with E-state index in [-0.39, 0.29) is 56.6 Å². The lowest BCUT2D eigenvalue weighted by molar-refractivity contribution is -0.123. The molecule has 4 aliphatic heterocycles. The summed E-state index contributed by atoms with van der Waals surface area (Å²) < 4.78 is 3.96. The Morgan fingerprint density at radius 2 is 0.937 bits per heavy atom. The highest BCUT2D eigenvalue weighted by atomic mass is 16.3. The molecule has 4 aromatic heterocycles. The summed E-state index contributed by atoms with van der Waals surface area (Å²) in [5.41, 5.74) is 7.63. The summed E-state index contributed by atoms with van der Waals surface area (Å²) in [6, 6.07) is 20.6. The van der Waals surface area contributed by atoms with Gasteiger partial charge in [-0.15, -0.1) is 0 Å². The van der Waals surface area contributed by atoms with Crippen molar-refractivity contribution in [2.75, 3.05) is 115 Å². The molecule has 10 rings (SSSR count). The van der Waals surface area contributed by atoms with E-state index >= 15 is 0 Å². The van der Waals surface area contributed by atoms with Crippen LogP contribution < -0.4 is 20.4 Å². The summed E-state index contributed by atoms with van der Waals surface area (Å²) in [6.07, 6.45) is 15.4. The van der Waals surface area contributed by atoms with Gasteiger partial charge in [0.2, 0.25) is 11.8 Å². The predicted octanol–water partition coefficient (Wildman–Crippen LogP) is 7.36. The van der Waals surface area contributed by atoms with Crippen LogP contribution >= 0.6 is 0 Å². The average molecular weight is 1080 g/mol. The summed E-state index contributed by atoms with van der Waals surface area (Å²) in [5.74, 6) is 0.167. The minimum absolute atomic E-state index is 0. The second-order valence-electron chi connectivity index (χ2n) is 22.2. The predicted molar refractivity (Wildman–Crippen MR) is 316 cm³/mol. The van der Waals surface area contributed by atoms with Crippen LogP contribution in [-0.4, -0.2) is 176 Å². The van der Waals surface area contributed by atoms with Crippen molar-refractivity contribution in [3.05, 3.63) is 108 Å².